The van der Waals surface area contributed by atoms with Crippen molar-refractivity contribution in [3.63, 3.8) is 0 Å². The Morgan fingerprint density at radius 3 is 2.18 bits per heavy atom. The van der Waals surface area contributed by atoms with Crippen molar-refractivity contribution in [2.75, 3.05) is 6.54 Å². The van der Waals surface area contributed by atoms with Gasteiger partial charge in [-0.05, 0) is 6.42 Å². The smallest absolute Gasteiger partial charge is 0.0909 e. The Morgan fingerprint density at radius 2 is 2.09 bits per heavy atom. The Kier molecular flexibility index (Phi) is 17.8. The van der Waals surface area contributed by atoms with Crippen LogP contribution in [0.25, 0.3) is 0 Å². The van der Waals surface area contributed by atoms with Crippen LogP contribution in [0.5, 0.6) is 0 Å². The summed E-state index contributed by atoms with van der Waals surface area (Å²) in [4.78, 5) is 0. The molecule has 0 unspecified atom stereocenters. The van der Waals surface area contributed by atoms with Crippen LogP contribution < -0.4 is 5.73 Å². The number of rotatable bonds is 2. The standard InChI is InChI=1S/C4H6N2.C4H7N/c5-3-1-2-4-6;1-2-3-4-5/h1-2H,3,5H2;2-3H2,1H3. The molecule has 0 rings (SSSR count). The summed E-state index contributed by atoms with van der Waals surface area (Å²) in [5, 5.41) is 15.6. The topological polar surface area (TPSA) is 73.6 Å². The first-order valence-corrected chi connectivity index (χ1v) is 3.45. The summed E-state index contributed by atoms with van der Waals surface area (Å²) in [6.45, 7) is 2.44. The summed E-state index contributed by atoms with van der Waals surface area (Å²) in [6, 6.07) is 3.83. The van der Waals surface area contributed by atoms with Gasteiger partial charge in [0, 0.05) is 19.0 Å². The molecule has 0 atom stereocenters. The van der Waals surface area contributed by atoms with Crippen LogP contribution in [0.1, 0.15) is 19.8 Å². The quantitative estimate of drug-likeness (QED) is 0.605. The van der Waals surface area contributed by atoms with Gasteiger partial charge in [0.2, 0.25) is 0 Å². The largest absolute Gasteiger partial charge is 0.327 e. The van der Waals surface area contributed by atoms with Gasteiger partial charge in [0.25, 0.3) is 0 Å². The van der Waals surface area contributed by atoms with Gasteiger partial charge in [0.05, 0.1) is 12.1 Å². The van der Waals surface area contributed by atoms with E-state index in [9.17, 15) is 0 Å². The van der Waals surface area contributed by atoms with Crippen LogP contribution in [-0.2, 0) is 0 Å². The van der Waals surface area contributed by atoms with E-state index in [4.69, 9.17) is 16.3 Å². The maximum absolute atomic E-state index is 7.82. The summed E-state index contributed by atoms with van der Waals surface area (Å²) < 4.78 is 0. The van der Waals surface area contributed by atoms with Crippen LogP contribution in [-0.4, -0.2) is 6.54 Å². The normalized spacial score (nSPS) is 7.64. The van der Waals surface area contributed by atoms with Gasteiger partial charge in [-0.1, -0.05) is 13.0 Å². The molecule has 0 heterocycles. The molecule has 0 saturated carbocycles. The van der Waals surface area contributed by atoms with E-state index in [1.165, 1.54) is 6.08 Å². The molecule has 0 radical (unpaired) electrons. The highest BCUT2D eigenvalue weighted by atomic mass is 14.5. The zero-order chi connectivity index (χ0) is 8.95. The van der Waals surface area contributed by atoms with Gasteiger partial charge in [-0.2, -0.15) is 10.5 Å². The summed E-state index contributed by atoms with van der Waals surface area (Å²) in [5.41, 5.74) is 4.98. The molecule has 0 aliphatic heterocycles. The lowest BCUT2D eigenvalue weighted by Gasteiger charge is -1.65. The number of unbranched alkanes of at least 4 members (excludes halogenated alkanes) is 1. The molecule has 0 aliphatic carbocycles. The number of nitrogens with two attached hydrogens (primary N) is 1. The van der Waals surface area contributed by atoms with Crippen molar-refractivity contribution >= 4 is 0 Å². The first-order chi connectivity index (χ1) is 5.33. The summed E-state index contributed by atoms with van der Waals surface area (Å²) >= 11 is 0. The van der Waals surface area contributed by atoms with Crippen molar-refractivity contribution in [3.05, 3.63) is 12.2 Å². The highest BCUT2D eigenvalue weighted by molar-refractivity contribution is 5.01. The Morgan fingerprint density at radius 1 is 1.45 bits per heavy atom. The molecule has 0 fully saturated rings. The number of allylic oxidation sites excluding steroid dienone is 1. The highest BCUT2D eigenvalue weighted by Crippen LogP contribution is 1.77. The second kappa shape index (κ2) is 15.9. The molecular formula is C8H13N3. The summed E-state index contributed by atoms with van der Waals surface area (Å²) in [5.74, 6) is 0. The summed E-state index contributed by atoms with van der Waals surface area (Å²) in [7, 11) is 0. The molecule has 0 aromatic carbocycles. The molecule has 0 aliphatic rings. The van der Waals surface area contributed by atoms with E-state index in [0.717, 1.165) is 6.42 Å². The number of hydrogen-bond donors (Lipinski definition) is 1. The van der Waals surface area contributed by atoms with E-state index in [0.29, 0.717) is 13.0 Å². The molecule has 0 spiro atoms. The Hall–Kier alpha value is -1.32. The Balaban J connectivity index is 0. The van der Waals surface area contributed by atoms with Crippen molar-refractivity contribution in [1.82, 2.24) is 0 Å². The van der Waals surface area contributed by atoms with Crippen LogP contribution in [0, 0.1) is 22.7 Å². The minimum Gasteiger partial charge on any atom is -0.327 e. The second-order valence-electron chi connectivity index (χ2n) is 1.68. The Labute approximate surface area is 67.7 Å². The van der Waals surface area contributed by atoms with Crippen molar-refractivity contribution < 1.29 is 0 Å². The van der Waals surface area contributed by atoms with Crippen LogP contribution in [0.15, 0.2) is 12.2 Å². The average Bonchev–Trinajstić information content (AvgIpc) is 2.04. The van der Waals surface area contributed by atoms with Gasteiger partial charge in [0.15, 0.2) is 0 Å². The molecule has 60 valence electrons. The fraction of sp³-hybridized carbons (Fsp3) is 0.500. The minimum atomic E-state index is 0.452. The van der Waals surface area contributed by atoms with E-state index in [-0.39, 0.29) is 0 Å². The van der Waals surface area contributed by atoms with Crippen molar-refractivity contribution in [2.45, 2.75) is 19.8 Å². The van der Waals surface area contributed by atoms with Crippen molar-refractivity contribution in [1.29, 1.82) is 10.5 Å². The number of nitriles is 2. The van der Waals surface area contributed by atoms with E-state index in [1.54, 1.807) is 6.08 Å². The monoisotopic (exact) mass is 151 g/mol. The van der Waals surface area contributed by atoms with Gasteiger partial charge >= 0.3 is 0 Å². The predicted octanol–water partition coefficient (Wildman–Crippen LogP) is 1.33. The zero-order valence-electron chi connectivity index (χ0n) is 6.75. The third-order valence-electron chi connectivity index (χ3n) is 0.690. The maximum atomic E-state index is 7.82. The second-order valence-corrected chi connectivity index (χ2v) is 1.68. The molecule has 3 heteroatoms. The first kappa shape index (κ1) is 12.4. The number of nitrogens with zero attached hydrogens (tertiary/aromatic N) is 2. The number of hydrogen-bond acceptors (Lipinski definition) is 3. The van der Waals surface area contributed by atoms with Gasteiger partial charge in [0.1, 0.15) is 0 Å². The van der Waals surface area contributed by atoms with Crippen LogP contribution in [0.4, 0.5) is 0 Å². The van der Waals surface area contributed by atoms with Gasteiger partial charge in [-0.15, -0.1) is 0 Å². The third kappa shape index (κ3) is 28.6. The lowest BCUT2D eigenvalue weighted by atomic mass is 10.4. The van der Waals surface area contributed by atoms with E-state index in [1.807, 2.05) is 19.1 Å². The van der Waals surface area contributed by atoms with Crippen LogP contribution in [0.2, 0.25) is 0 Å². The molecule has 0 aromatic heterocycles. The van der Waals surface area contributed by atoms with Crippen LogP contribution >= 0.6 is 0 Å². The van der Waals surface area contributed by atoms with E-state index >= 15 is 0 Å². The van der Waals surface area contributed by atoms with Crippen molar-refractivity contribution in [3.8, 4) is 12.1 Å². The van der Waals surface area contributed by atoms with E-state index in [2.05, 4.69) is 0 Å². The van der Waals surface area contributed by atoms with E-state index < -0.39 is 0 Å². The molecule has 3 nitrogen and oxygen atoms in total. The molecule has 0 aromatic rings. The lowest BCUT2D eigenvalue weighted by molar-refractivity contribution is 0.969. The van der Waals surface area contributed by atoms with Gasteiger partial charge in [-0.25, -0.2) is 0 Å². The molecule has 2 N–H and O–H groups in total. The zero-order valence-corrected chi connectivity index (χ0v) is 6.75. The van der Waals surface area contributed by atoms with Crippen molar-refractivity contribution in [2.24, 2.45) is 5.73 Å². The average molecular weight is 151 g/mol. The fourth-order valence-electron chi connectivity index (χ4n) is 0.233. The molecule has 11 heavy (non-hydrogen) atoms. The molecule has 0 amide bonds. The molecular weight excluding hydrogens is 138 g/mol. The minimum absolute atomic E-state index is 0.452. The highest BCUT2D eigenvalue weighted by Gasteiger charge is 1.65. The first-order valence-electron chi connectivity index (χ1n) is 3.45. The SMILES string of the molecule is CCCC#N.N#CC=CCN. The molecule has 0 saturated heterocycles. The summed E-state index contributed by atoms with van der Waals surface area (Å²) in [6.07, 6.45) is 4.64. The maximum Gasteiger partial charge on any atom is 0.0909 e. The lowest BCUT2D eigenvalue weighted by Crippen LogP contribution is -1.91. The third-order valence-corrected chi connectivity index (χ3v) is 0.690. The van der Waals surface area contributed by atoms with Crippen LogP contribution in [0.3, 0.4) is 0 Å². The van der Waals surface area contributed by atoms with Gasteiger partial charge < -0.3 is 5.73 Å². The van der Waals surface area contributed by atoms with Gasteiger partial charge in [-0.3, -0.25) is 0 Å². The Bertz CT molecular complexity index is 159. The predicted molar refractivity (Wildman–Crippen MR) is 44.3 cm³/mol. The fourth-order valence-corrected chi connectivity index (χ4v) is 0.233. The molecule has 0 bridgehead atoms.